The molecule has 84 valence electrons. The maximum atomic E-state index is 11.7. The number of alkyl halides is 3. The quantitative estimate of drug-likeness (QED) is 0.536. The predicted molar refractivity (Wildman–Crippen MR) is 49.2 cm³/mol. The van der Waals surface area contributed by atoms with Crippen LogP contribution in [0.3, 0.4) is 0 Å². The van der Waals surface area contributed by atoms with E-state index < -0.39 is 18.6 Å². The van der Waals surface area contributed by atoms with E-state index in [0.29, 0.717) is 0 Å². The Bertz CT molecular complexity index is 180. The van der Waals surface area contributed by atoms with Crippen LogP contribution in [0.15, 0.2) is 0 Å². The number of thioether (sulfide) groups is 1. The Morgan fingerprint density at radius 2 is 2.00 bits per heavy atom. The van der Waals surface area contributed by atoms with Gasteiger partial charge in [0.1, 0.15) is 0 Å². The van der Waals surface area contributed by atoms with Gasteiger partial charge in [-0.25, -0.2) is 0 Å². The summed E-state index contributed by atoms with van der Waals surface area (Å²) in [5, 5.41) is 0. The lowest BCUT2D eigenvalue weighted by Gasteiger charge is -2.08. The second kappa shape index (κ2) is 6.16. The van der Waals surface area contributed by atoms with E-state index in [2.05, 4.69) is 0 Å². The Kier molecular flexibility index (Phi) is 5.99. The van der Waals surface area contributed by atoms with Crippen molar-refractivity contribution >= 4 is 17.7 Å². The second-order valence-electron chi connectivity index (χ2n) is 2.96. The van der Waals surface area contributed by atoms with Gasteiger partial charge in [-0.15, -0.1) is 11.8 Å². The summed E-state index contributed by atoms with van der Waals surface area (Å²) in [6.07, 6.45) is -5.23. The van der Waals surface area contributed by atoms with Crippen LogP contribution in [0, 0.1) is 0 Å². The van der Waals surface area contributed by atoms with Gasteiger partial charge in [-0.2, -0.15) is 13.2 Å². The van der Waals surface area contributed by atoms with Gasteiger partial charge < -0.3 is 4.74 Å². The summed E-state index contributed by atoms with van der Waals surface area (Å²) in [6.45, 7) is 3.39. The number of hydrogen-bond acceptors (Lipinski definition) is 3. The lowest BCUT2D eigenvalue weighted by Crippen LogP contribution is -2.14. The maximum Gasteiger partial charge on any atom is 0.389 e. The molecule has 2 nitrogen and oxygen atoms in total. The molecule has 0 unspecified atom stereocenters. The molecule has 0 saturated carbocycles. The number of carbonyl (C=O) groups excluding carboxylic acids is 1. The smallest absolute Gasteiger partial charge is 0.389 e. The van der Waals surface area contributed by atoms with E-state index in [-0.39, 0.29) is 17.6 Å². The number of ether oxygens (including phenoxy) is 1. The monoisotopic (exact) mass is 230 g/mol. The average Bonchev–Trinajstić information content (AvgIpc) is 1.95. The Labute approximate surface area is 85.2 Å². The van der Waals surface area contributed by atoms with Gasteiger partial charge in [-0.05, 0) is 13.8 Å². The van der Waals surface area contributed by atoms with E-state index in [4.69, 9.17) is 4.74 Å². The summed E-state index contributed by atoms with van der Waals surface area (Å²) in [4.78, 5) is 10.9. The molecule has 14 heavy (non-hydrogen) atoms. The molecular weight excluding hydrogens is 217 g/mol. The van der Waals surface area contributed by atoms with Crippen molar-refractivity contribution in [1.82, 2.24) is 0 Å². The van der Waals surface area contributed by atoms with Gasteiger partial charge in [0.05, 0.1) is 18.3 Å². The van der Waals surface area contributed by atoms with Crippen LogP contribution in [0.2, 0.25) is 0 Å². The zero-order chi connectivity index (χ0) is 11.2. The Morgan fingerprint density at radius 3 is 2.43 bits per heavy atom. The molecule has 0 N–H and O–H groups in total. The van der Waals surface area contributed by atoms with Crippen molar-refractivity contribution in [2.24, 2.45) is 0 Å². The Balaban J connectivity index is 3.41. The van der Waals surface area contributed by atoms with E-state index >= 15 is 0 Å². The number of rotatable bonds is 5. The van der Waals surface area contributed by atoms with Gasteiger partial charge in [-0.3, -0.25) is 4.79 Å². The summed E-state index contributed by atoms with van der Waals surface area (Å²) < 4.78 is 39.7. The molecule has 0 aromatic heterocycles. The highest BCUT2D eigenvalue weighted by molar-refractivity contribution is 7.99. The molecule has 6 heteroatoms. The first-order valence-electron chi connectivity index (χ1n) is 4.15. The average molecular weight is 230 g/mol. The molecule has 0 aliphatic carbocycles. The number of carbonyl (C=O) groups is 1. The standard InChI is InChI=1S/C8H13F3O2S/c1-6(2)13-7(12)5-14-4-3-8(9,10)11/h6H,3-5H2,1-2H3. The van der Waals surface area contributed by atoms with Crippen LogP contribution in [0.25, 0.3) is 0 Å². The summed E-state index contributed by atoms with van der Waals surface area (Å²) >= 11 is 0.936. The normalized spacial score (nSPS) is 11.9. The fourth-order valence-electron chi connectivity index (χ4n) is 0.640. The first-order valence-corrected chi connectivity index (χ1v) is 5.30. The van der Waals surface area contributed by atoms with Crippen molar-refractivity contribution < 1.29 is 22.7 Å². The van der Waals surface area contributed by atoms with E-state index in [1.54, 1.807) is 13.8 Å². The van der Waals surface area contributed by atoms with Crippen LogP contribution in [0.1, 0.15) is 20.3 Å². The molecule has 0 aliphatic heterocycles. The molecule has 0 rings (SSSR count). The van der Waals surface area contributed by atoms with E-state index in [9.17, 15) is 18.0 Å². The van der Waals surface area contributed by atoms with Crippen LogP contribution in [-0.2, 0) is 9.53 Å². The molecule has 0 aliphatic rings. The predicted octanol–water partition coefficient (Wildman–Crippen LogP) is 2.62. The minimum atomic E-state index is -4.14. The van der Waals surface area contributed by atoms with Crippen molar-refractivity contribution in [2.75, 3.05) is 11.5 Å². The Morgan fingerprint density at radius 1 is 1.43 bits per heavy atom. The number of hydrogen-bond donors (Lipinski definition) is 0. The Hall–Kier alpha value is -0.390. The van der Waals surface area contributed by atoms with Crippen LogP contribution in [0.4, 0.5) is 13.2 Å². The zero-order valence-electron chi connectivity index (χ0n) is 8.06. The zero-order valence-corrected chi connectivity index (χ0v) is 8.87. The number of esters is 1. The van der Waals surface area contributed by atoms with Gasteiger partial charge in [-0.1, -0.05) is 0 Å². The molecule has 0 spiro atoms. The van der Waals surface area contributed by atoms with Crippen LogP contribution >= 0.6 is 11.8 Å². The third kappa shape index (κ3) is 9.70. The molecule has 0 saturated heterocycles. The van der Waals surface area contributed by atoms with Crippen molar-refractivity contribution in [3.8, 4) is 0 Å². The first kappa shape index (κ1) is 13.6. The third-order valence-electron chi connectivity index (χ3n) is 1.12. The van der Waals surface area contributed by atoms with Crippen molar-refractivity contribution in [2.45, 2.75) is 32.5 Å². The maximum absolute atomic E-state index is 11.7. The summed E-state index contributed by atoms with van der Waals surface area (Å²) in [5.41, 5.74) is 0. The number of halogens is 3. The van der Waals surface area contributed by atoms with E-state index in [0.717, 1.165) is 11.8 Å². The second-order valence-corrected chi connectivity index (χ2v) is 4.06. The molecule has 0 amide bonds. The van der Waals surface area contributed by atoms with Crippen molar-refractivity contribution in [3.05, 3.63) is 0 Å². The molecule has 0 aromatic carbocycles. The minimum absolute atomic E-state index is 0.0196. The molecule has 0 fully saturated rings. The molecule has 0 heterocycles. The molecular formula is C8H13F3O2S. The van der Waals surface area contributed by atoms with Gasteiger partial charge in [0, 0.05) is 5.75 Å². The van der Waals surface area contributed by atoms with Gasteiger partial charge in [0.25, 0.3) is 0 Å². The van der Waals surface area contributed by atoms with Gasteiger partial charge in [0.15, 0.2) is 0 Å². The third-order valence-corrected chi connectivity index (χ3v) is 2.05. The van der Waals surface area contributed by atoms with Crippen molar-refractivity contribution in [3.63, 3.8) is 0 Å². The lowest BCUT2D eigenvalue weighted by atomic mass is 10.5. The fourth-order valence-corrected chi connectivity index (χ4v) is 1.40. The van der Waals surface area contributed by atoms with E-state index in [1.165, 1.54) is 0 Å². The van der Waals surface area contributed by atoms with Crippen LogP contribution in [0.5, 0.6) is 0 Å². The minimum Gasteiger partial charge on any atom is -0.462 e. The van der Waals surface area contributed by atoms with E-state index in [1.807, 2.05) is 0 Å². The largest absolute Gasteiger partial charge is 0.462 e. The highest BCUT2D eigenvalue weighted by Gasteiger charge is 2.26. The van der Waals surface area contributed by atoms with Crippen molar-refractivity contribution in [1.29, 1.82) is 0 Å². The summed E-state index contributed by atoms with van der Waals surface area (Å²) in [5.74, 6) is -0.586. The highest BCUT2D eigenvalue weighted by Crippen LogP contribution is 2.21. The summed E-state index contributed by atoms with van der Waals surface area (Å²) in [6, 6.07) is 0. The van der Waals surface area contributed by atoms with Gasteiger partial charge in [0.2, 0.25) is 0 Å². The van der Waals surface area contributed by atoms with Crippen LogP contribution in [-0.4, -0.2) is 29.8 Å². The SMILES string of the molecule is CC(C)OC(=O)CSCCC(F)(F)F. The molecule has 0 atom stereocenters. The first-order chi connectivity index (χ1) is 6.31. The van der Waals surface area contributed by atoms with Gasteiger partial charge >= 0.3 is 12.1 Å². The summed E-state index contributed by atoms with van der Waals surface area (Å²) in [7, 11) is 0. The highest BCUT2D eigenvalue weighted by atomic mass is 32.2. The molecule has 0 radical (unpaired) electrons. The lowest BCUT2D eigenvalue weighted by molar-refractivity contribution is -0.144. The molecule has 0 aromatic rings. The topological polar surface area (TPSA) is 26.3 Å². The molecule has 0 bridgehead atoms. The fraction of sp³-hybridized carbons (Fsp3) is 0.875. The van der Waals surface area contributed by atoms with Crippen LogP contribution < -0.4 is 0 Å².